The maximum absolute atomic E-state index is 13.1. The quantitative estimate of drug-likeness (QED) is 0.423. The minimum Gasteiger partial charge on any atom is -0.454 e. The van der Waals surface area contributed by atoms with E-state index >= 15 is 0 Å². The van der Waals surface area contributed by atoms with Gasteiger partial charge in [0.25, 0.3) is 0 Å². The fourth-order valence-corrected chi connectivity index (χ4v) is 4.66. The number of hydrogen-bond acceptors (Lipinski definition) is 9. The van der Waals surface area contributed by atoms with Gasteiger partial charge in [-0.25, -0.2) is 0 Å². The molecule has 0 saturated carbocycles. The van der Waals surface area contributed by atoms with E-state index in [2.05, 4.69) is 31.2 Å². The van der Waals surface area contributed by atoms with Gasteiger partial charge in [-0.15, -0.1) is 0 Å². The standard InChI is InChI=1S/C27H32F3N7O2/c1-3-36(4-2)25-32-24(31-16-19-6-5-7-21(14-19)27(28,29)30)33-26(34-25)37-12-10-35(11-13-37)17-20-8-9-22-23(15-20)39-18-38-22/h5-9,14-15H,3-4,10-13,16-18H2,1-2H3,(H,31,32,33,34). The van der Waals surface area contributed by atoms with E-state index in [1.807, 2.05) is 30.9 Å². The molecule has 2 aliphatic rings. The van der Waals surface area contributed by atoms with Crippen molar-refractivity contribution in [3.63, 3.8) is 0 Å². The summed E-state index contributed by atoms with van der Waals surface area (Å²) in [6.07, 6.45) is -4.39. The predicted molar refractivity (Wildman–Crippen MR) is 142 cm³/mol. The molecule has 1 saturated heterocycles. The van der Waals surface area contributed by atoms with Gasteiger partial charge >= 0.3 is 6.18 Å². The molecule has 0 aliphatic carbocycles. The molecule has 0 spiro atoms. The van der Waals surface area contributed by atoms with Crippen LogP contribution in [0, 0.1) is 0 Å². The molecule has 0 atom stereocenters. The van der Waals surface area contributed by atoms with E-state index in [9.17, 15) is 13.2 Å². The molecule has 2 aromatic carbocycles. The lowest BCUT2D eigenvalue weighted by Gasteiger charge is -2.35. The maximum atomic E-state index is 13.1. The molecule has 0 unspecified atom stereocenters. The summed E-state index contributed by atoms with van der Waals surface area (Å²) >= 11 is 0. The van der Waals surface area contributed by atoms with Gasteiger partial charge in [0, 0.05) is 52.4 Å². The summed E-state index contributed by atoms with van der Waals surface area (Å²) < 4.78 is 50.3. The average Bonchev–Trinajstić information content (AvgIpc) is 3.41. The molecule has 1 N–H and O–H groups in total. The third-order valence-corrected chi connectivity index (χ3v) is 6.86. The number of nitrogens with one attached hydrogen (secondary N) is 1. The van der Waals surface area contributed by atoms with Crippen LogP contribution >= 0.6 is 0 Å². The minimum atomic E-state index is -4.39. The Morgan fingerprint density at radius 3 is 2.41 bits per heavy atom. The number of ether oxygens (including phenoxy) is 2. The number of nitrogens with zero attached hydrogens (tertiary/aromatic N) is 6. The predicted octanol–water partition coefficient (Wildman–Crippen LogP) is 4.40. The highest BCUT2D eigenvalue weighted by Crippen LogP contribution is 2.33. The summed E-state index contributed by atoms with van der Waals surface area (Å²) in [6, 6.07) is 11.3. The molecule has 0 amide bonds. The third kappa shape index (κ3) is 6.44. The molecular weight excluding hydrogens is 511 g/mol. The molecule has 208 valence electrons. The first kappa shape index (κ1) is 26.8. The summed E-state index contributed by atoms with van der Waals surface area (Å²) in [5, 5.41) is 3.11. The van der Waals surface area contributed by atoms with E-state index in [0.717, 1.165) is 75.0 Å². The number of benzene rings is 2. The highest BCUT2D eigenvalue weighted by atomic mass is 19.4. The minimum absolute atomic E-state index is 0.161. The second-order valence-electron chi connectivity index (χ2n) is 9.43. The molecule has 5 rings (SSSR count). The van der Waals surface area contributed by atoms with Crippen molar-refractivity contribution in [1.82, 2.24) is 19.9 Å². The molecule has 2 aliphatic heterocycles. The first-order chi connectivity index (χ1) is 18.8. The monoisotopic (exact) mass is 543 g/mol. The Hall–Kier alpha value is -3.80. The van der Waals surface area contributed by atoms with E-state index in [1.165, 1.54) is 6.07 Å². The van der Waals surface area contributed by atoms with Crippen LogP contribution in [0.15, 0.2) is 42.5 Å². The van der Waals surface area contributed by atoms with Gasteiger partial charge in [0.05, 0.1) is 5.56 Å². The number of alkyl halides is 3. The van der Waals surface area contributed by atoms with Crippen molar-refractivity contribution in [1.29, 1.82) is 0 Å². The van der Waals surface area contributed by atoms with E-state index in [0.29, 0.717) is 23.4 Å². The Balaban J connectivity index is 1.27. The molecule has 1 fully saturated rings. The van der Waals surface area contributed by atoms with Crippen molar-refractivity contribution in [2.45, 2.75) is 33.1 Å². The zero-order valence-corrected chi connectivity index (χ0v) is 22.0. The smallest absolute Gasteiger partial charge is 0.416 e. The Labute approximate surface area is 225 Å². The van der Waals surface area contributed by atoms with E-state index in [1.54, 1.807) is 6.07 Å². The van der Waals surface area contributed by atoms with Crippen LogP contribution < -0.4 is 24.6 Å². The van der Waals surface area contributed by atoms with Crippen LogP contribution in [0.4, 0.5) is 31.0 Å². The topological polar surface area (TPSA) is 78.9 Å². The lowest BCUT2D eigenvalue weighted by Crippen LogP contribution is -2.46. The molecule has 0 bridgehead atoms. The molecule has 3 aromatic rings. The van der Waals surface area contributed by atoms with Gasteiger partial charge in [-0.05, 0) is 49.2 Å². The summed E-state index contributed by atoms with van der Waals surface area (Å²) in [5.74, 6) is 2.99. The lowest BCUT2D eigenvalue weighted by molar-refractivity contribution is -0.137. The molecule has 1 aromatic heterocycles. The van der Waals surface area contributed by atoms with Crippen molar-refractivity contribution in [3.05, 3.63) is 59.2 Å². The van der Waals surface area contributed by atoms with Gasteiger partial charge in [0.15, 0.2) is 11.5 Å². The van der Waals surface area contributed by atoms with Crippen LogP contribution in [-0.4, -0.2) is 65.9 Å². The number of anilines is 3. The number of halogens is 3. The highest BCUT2D eigenvalue weighted by molar-refractivity contribution is 5.47. The molecule has 12 heteroatoms. The van der Waals surface area contributed by atoms with Gasteiger partial charge in [0.2, 0.25) is 24.6 Å². The fraction of sp³-hybridized carbons (Fsp3) is 0.444. The average molecular weight is 544 g/mol. The van der Waals surface area contributed by atoms with E-state index in [-0.39, 0.29) is 13.3 Å². The Bertz CT molecular complexity index is 1280. The Morgan fingerprint density at radius 2 is 1.67 bits per heavy atom. The van der Waals surface area contributed by atoms with Crippen molar-refractivity contribution in [3.8, 4) is 11.5 Å². The number of hydrogen-bond donors (Lipinski definition) is 1. The third-order valence-electron chi connectivity index (χ3n) is 6.86. The van der Waals surface area contributed by atoms with Crippen molar-refractivity contribution in [2.24, 2.45) is 0 Å². The number of aromatic nitrogens is 3. The second-order valence-corrected chi connectivity index (χ2v) is 9.43. The van der Waals surface area contributed by atoms with Crippen LogP contribution in [-0.2, 0) is 19.3 Å². The largest absolute Gasteiger partial charge is 0.454 e. The lowest BCUT2D eigenvalue weighted by atomic mass is 10.1. The first-order valence-electron chi connectivity index (χ1n) is 13.1. The number of fused-ring (bicyclic) bond motifs is 1. The summed E-state index contributed by atoms with van der Waals surface area (Å²) in [5.41, 5.74) is 0.978. The van der Waals surface area contributed by atoms with Gasteiger partial charge in [0.1, 0.15) is 0 Å². The zero-order valence-electron chi connectivity index (χ0n) is 22.0. The Morgan fingerprint density at radius 1 is 0.897 bits per heavy atom. The normalized spacial score (nSPS) is 15.5. The van der Waals surface area contributed by atoms with Gasteiger partial charge in [-0.2, -0.15) is 28.1 Å². The van der Waals surface area contributed by atoms with E-state index < -0.39 is 11.7 Å². The van der Waals surface area contributed by atoms with E-state index in [4.69, 9.17) is 14.5 Å². The van der Waals surface area contributed by atoms with Gasteiger partial charge in [-0.1, -0.05) is 18.2 Å². The first-order valence-corrected chi connectivity index (χ1v) is 13.1. The van der Waals surface area contributed by atoms with Gasteiger partial charge < -0.3 is 24.6 Å². The number of rotatable bonds is 9. The summed E-state index contributed by atoms with van der Waals surface area (Å²) in [4.78, 5) is 20.5. The molecular formula is C27H32F3N7O2. The van der Waals surface area contributed by atoms with Gasteiger partial charge in [-0.3, -0.25) is 4.90 Å². The summed E-state index contributed by atoms with van der Waals surface area (Å²) in [6.45, 7) is 9.84. The van der Waals surface area contributed by atoms with Crippen molar-refractivity contribution in [2.75, 3.05) is 61.2 Å². The number of piperazine rings is 1. The van der Waals surface area contributed by atoms with Crippen LogP contribution in [0.25, 0.3) is 0 Å². The molecule has 9 nitrogen and oxygen atoms in total. The molecule has 3 heterocycles. The molecule has 0 radical (unpaired) electrons. The van der Waals surface area contributed by atoms with Crippen LogP contribution in [0.1, 0.15) is 30.5 Å². The SMILES string of the molecule is CCN(CC)c1nc(NCc2cccc(C(F)(F)F)c2)nc(N2CCN(Cc3ccc4c(c3)OCO4)CC2)n1. The Kier molecular flexibility index (Phi) is 7.92. The van der Waals surface area contributed by atoms with Crippen LogP contribution in [0.3, 0.4) is 0 Å². The summed E-state index contributed by atoms with van der Waals surface area (Å²) in [7, 11) is 0. The zero-order chi connectivity index (χ0) is 27.4. The highest BCUT2D eigenvalue weighted by Gasteiger charge is 2.30. The molecule has 39 heavy (non-hydrogen) atoms. The van der Waals surface area contributed by atoms with Crippen LogP contribution in [0.5, 0.6) is 11.5 Å². The maximum Gasteiger partial charge on any atom is 0.416 e. The van der Waals surface area contributed by atoms with Crippen molar-refractivity contribution < 1.29 is 22.6 Å². The van der Waals surface area contributed by atoms with Crippen LogP contribution in [0.2, 0.25) is 0 Å². The fourth-order valence-electron chi connectivity index (χ4n) is 4.66. The second kappa shape index (κ2) is 11.5. The van der Waals surface area contributed by atoms with Crippen molar-refractivity contribution >= 4 is 17.8 Å².